The molecule has 0 aliphatic carbocycles. The summed E-state index contributed by atoms with van der Waals surface area (Å²) < 4.78 is 11.0. The van der Waals surface area contributed by atoms with Crippen LogP contribution >= 0.6 is 0 Å². The van der Waals surface area contributed by atoms with Crippen molar-refractivity contribution >= 4 is 17.5 Å². The Kier molecular flexibility index (Phi) is 6.83. The first-order valence-corrected chi connectivity index (χ1v) is 10.8. The molecule has 0 unspecified atom stereocenters. The summed E-state index contributed by atoms with van der Waals surface area (Å²) in [5.74, 6) is 1.50. The highest BCUT2D eigenvalue weighted by atomic mass is 16.5. The normalized spacial score (nSPS) is 13.5. The van der Waals surface area contributed by atoms with Crippen molar-refractivity contribution in [3.63, 3.8) is 0 Å². The molecular formula is C25H26N4O4. The quantitative estimate of drug-likeness (QED) is 0.516. The van der Waals surface area contributed by atoms with E-state index >= 15 is 0 Å². The molecule has 4 rings (SSSR count). The van der Waals surface area contributed by atoms with Gasteiger partial charge in [0.25, 0.3) is 5.91 Å². The molecule has 8 heteroatoms. The smallest absolute Gasteiger partial charge is 0.260 e. The maximum Gasteiger partial charge on any atom is 0.260 e. The molecule has 0 N–H and O–H groups in total. The van der Waals surface area contributed by atoms with Gasteiger partial charge in [0.15, 0.2) is 29.7 Å². The number of carbonyl (C=O) groups excluding carboxylic acids is 2. The number of hydrogen-bond acceptors (Lipinski definition) is 7. The van der Waals surface area contributed by atoms with Crippen molar-refractivity contribution < 1.29 is 19.1 Å². The molecule has 0 atom stereocenters. The number of piperazine rings is 1. The summed E-state index contributed by atoms with van der Waals surface area (Å²) in [5, 5.41) is 8.72. The standard InChI is InChI=1S/C25H26N4O4/c1-18(30)20-8-10-22(23(16-20)32-2)33-17-25(31)29-14-12-28(13-15-29)24-11-9-21(26-27-24)19-6-4-3-5-7-19/h3-11,16H,12-15,17H2,1-2H3. The van der Waals surface area contributed by atoms with Gasteiger partial charge in [0, 0.05) is 37.3 Å². The van der Waals surface area contributed by atoms with E-state index in [1.807, 2.05) is 42.5 Å². The van der Waals surface area contributed by atoms with Crippen LogP contribution in [0.25, 0.3) is 11.3 Å². The van der Waals surface area contributed by atoms with E-state index in [1.54, 1.807) is 23.1 Å². The highest BCUT2D eigenvalue weighted by molar-refractivity contribution is 5.94. The number of ether oxygens (including phenoxy) is 2. The lowest BCUT2D eigenvalue weighted by Crippen LogP contribution is -2.50. The zero-order valence-electron chi connectivity index (χ0n) is 18.7. The second-order valence-corrected chi connectivity index (χ2v) is 7.72. The molecule has 2 heterocycles. The number of anilines is 1. The number of benzene rings is 2. The molecule has 1 saturated heterocycles. The zero-order chi connectivity index (χ0) is 23.2. The van der Waals surface area contributed by atoms with Crippen molar-refractivity contribution in [1.29, 1.82) is 0 Å². The van der Waals surface area contributed by atoms with Crippen LogP contribution in [0, 0.1) is 0 Å². The topological polar surface area (TPSA) is 84.9 Å². The van der Waals surface area contributed by atoms with Gasteiger partial charge >= 0.3 is 0 Å². The lowest BCUT2D eigenvalue weighted by Gasteiger charge is -2.35. The summed E-state index contributed by atoms with van der Waals surface area (Å²) in [6.45, 7) is 3.88. The molecule has 1 fully saturated rings. The number of rotatable bonds is 7. The largest absolute Gasteiger partial charge is 0.493 e. The summed E-state index contributed by atoms with van der Waals surface area (Å²) in [6, 6.07) is 18.8. The number of nitrogens with zero attached hydrogens (tertiary/aromatic N) is 4. The Morgan fingerprint density at radius 1 is 0.909 bits per heavy atom. The molecule has 8 nitrogen and oxygen atoms in total. The molecule has 0 saturated carbocycles. The molecule has 3 aromatic rings. The highest BCUT2D eigenvalue weighted by Gasteiger charge is 2.23. The van der Waals surface area contributed by atoms with E-state index in [4.69, 9.17) is 9.47 Å². The fourth-order valence-electron chi connectivity index (χ4n) is 3.68. The van der Waals surface area contributed by atoms with Gasteiger partial charge in [-0.1, -0.05) is 30.3 Å². The van der Waals surface area contributed by atoms with Gasteiger partial charge in [-0.3, -0.25) is 9.59 Å². The minimum atomic E-state index is -0.0992. The van der Waals surface area contributed by atoms with Gasteiger partial charge in [0.2, 0.25) is 0 Å². The Morgan fingerprint density at radius 3 is 2.30 bits per heavy atom. The van der Waals surface area contributed by atoms with Crippen molar-refractivity contribution in [1.82, 2.24) is 15.1 Å². The molecule has 33 heavy (non-hydrogen) atoms. The minimum absolute atomic E-state index is 0.0619. The number of aromatic nitrogens is 2. The maximum atomic E-state index is 12.7. The average molecular weight is 447 g/mol. The number of carbonyl (C=O) groups is 2. The number of methoxy groups -OCH3 is 1. The minimum Gasteiger partial charge on any atom is -0.493 e. The molecule has 1 amide bonds. The summed E-state index contributed by atoms with van der Waals surface area (Å²) >= 11 is 0. The molecule has 170 valence electrons. The molecule has 1 aliphatic rings. The lowest BCUT2D eigenvalue weighted by atomic mass is 10.1. The van der Waals surface area contributed by atoms with Crippen LogP contribution in [0.3, 0.4) is 0 Å². The first kappa shape index (κ1) is 22.3. The van der Waals surface area contributed by atoms with Gasteiger partial charge in [-0.15, -0.1) is 10.2 Å². The van der Waals surface area contributed by atoms with Crippen molar-refractivity contribution in [2.24, 2.45) is 0 Å². The van der Waals surface area contributed by atoms with Gasteiger partial charge in [0.1, 0.15) is 0 Å². The number of hydrogen-bond donors (Lipinski definition) is 0. The van der Waals surface area contributed by atoms with Gasteiger partial charge in [0.05, 0.1) is 12.8 Å². The maximum absolute atomic E-state index is 12.7. The van der Waals surface area contributed by atoms with Crippen LogP contribution in [-0.2, 0) is 4.79 Å². The Morgan fingerprint density at radius 2 is 1.67 bits per heavy atom. The highest BCUT2D eigenvalue weighted by Crippen LogP contribution is 2.28. The van der Waals surface area contributed by atoms with Crippen LogP contribution in [0.4, 0.5) is 5.82 Å². The summed E-state index contributed by atoms with van der Waals surface area (Å²) in [7, 11) is 1.50. The van der Waals surface area contributed by atoms with E-state index in [1.165, 1.54) is 14.0 Å². The second kappa shape index (κ2) is 10.1. The molecule has 0 bridgehead atoms. The monoisotopic (exact) mass is 446 g/mol. The Balaban J connectivity index is 1.30. The molecule has 1 aliphatic heterocycles. The number of ketones is 1. The first-order chi connectivity index (χ1) is 16.0. The lowest BCUT2D eigenvalue weighted by molar-refractivity contribution is -0.133. The van der Waals surface area contributed by atoms with Crippen molar-refractivity contribution in [3.8, 4) is 22.8 Å². The van der Waals surface area contributed by atoms with E-state index in [0.29, 0.717) is 43.2 Å². The summed E-state index contributed by atoms with van der Waals surface area (Å²) in [5.41, 5.74) is 2.39. The predicted molar refractivity (Wildman–Crippen MR) is 125 cm³/mol. The van der Waals surface area contributed by atoms with Crippen molar-refractivity contribution in [2.45, 2.75) is 6.92 Å². The van der Waals surface area contributed by atoms with E-state index in [2.05, 4.69) is 15.1 Å². The third-order valence-corrected chi connectivity index (χ3v) is 5.60. The SMILES string of the molecule is COc1cc(C(C)=O)ccc1OCC(=O)N1CCN(c2ccc(-c3ccccc3)nn2)CC1. The average Bonchev–Trinajstić information content (AvgIpc) is 2.87. The fourth-order valence-corrected chi connectivity index (χ4v) is 3.68. The Hall–Kier alpha value is -3.94. The molecule has 0 spiro atoms. The third-order valence-electron chi connectivity index (χ3n) is 5.60. The molecular weight excluding hydrogens is 420 g/mol. The van der Waals surface area contributed by atoms with Crippen LogP contribution in [-0.4, -0.2) is 66.7 Å². The summed E-state index contributed by atoms with van der Waals surface area (Å²) in [4.78, 5) is 28.1. The van der Waals surface area contributed by atoms with E-state index in [0.717, 1.165) is 17.1 Å². The van der Waals surface area contributed by atoms with E-state index in [9.17, 15) is 9.59 Å². The van der Waals surface area contributed by atoms with E-state index in [-0.39, 0.29) is 18.3 Å². The third kappa shape index (κ3) is 5.28. The van der Waals surface area contributed by atoms with Gasteiger partial charge in [-0.25, -0.2) is 0 Å². The first-order valence-electron chi connectivity index (χ1n) is 10.8. The van der Waals surface area contributed by atoms with Crippen molar-refractivity contribution in [3.05, 3.63) is 66.2 Å². The Bertz CT molecular complexity index is 1110. The van der Waals surface area contributed by atoms with Crippen molar-refractivity contribution in [2.75, 3.05) is 44.8 Å². The van der Waals surface area contributed by atoms with E-state index < -0.39 is 0 Å². The molecule has 2 aromatic carbocycles. The van der Waals surface area contributed by atoms with Crippen LogP contribution in [0.1, 0.15) is 17.3 Å². The second-order valence-electron chi connectivity index (χ2n) is 7.72. The fraction of sp³-hybridized carbons (Fsp3) is 0.280. The van der Waals surface area contributed by atoms with Crippen LogP contribution < -0.4 is 14.4 Å². The van der Waals surface area contributed by atoms with Crippen LogP contribution in [0.2, 0.25) is 0 Å². The zero-order valence-corrected chi connectivity index (χ0v) is 18.7. The number of Topliss-reactive ketones (excluding diaryl/α,β-unsaturated/α-hetero) is 1. The molecule has 1 aromatic heterocycles. The summed E-state index contributed by atoms with van der Waals surface area (Å²) in [6.07, 6.45) is 0. The van der Waals surface area contributed by atoms with Crippen LogP contribution in [0.5, 0.6) is 11.5 Å². The van der Waals surface area contributed by atoms with Gasteiger partial charge < -0.3 is 19.3 Å². The number of amides is 1. The Labute approximate surface area is 192 Å². The molecule has 0 radical (unpaired) electrons. The van der Waals surface area contributed by atoms with Gasteiger partial charge in [-0.05, 0) is 37.3 Å². The predicted octanol–water partition coefficient (Wildman–Crippen LogP) is 3.08. The van der Waals surface area contributed by atoms with Gasteiger partial charge in [-0.2, -0.15) is 0 Å². The van der Waals surface area contributed by atoms with Crippen LogP contribution in [0.15, 0.2) is 60.7 Å².